The number of rotatable bonds is 10. The number of hydrogen-bond acceptors (Lipinski definition) is 3. The van der Waals surface area contributed by atoms with Gasteiger partial charge in [-0.05, 0) is 56.8 Å². The number of likely N-dealkylation sites (tertiary alicyclic amines) is 1. The first-order valence-electron chi connectivity index (χ1n) is 10.1. The third-order valence-corrected chi connectivity index (χ3v) is 4.77. The van der Waals surface area contributed by atoms with E-state index in [-0.39, 0.29) is 24.0 Å². The van der Waals surface area contributed by atoms with Gasteiger partial charge in [-0.25, -0.2) is 0 Å². The van der Waals surface area contributed by atoms with Crippen molar-refractivity contribution in [3.63, 3.8) is 0 Å². The van der Waals surface area contributed by atoms with E-state index in [4.69, 9.17) is 4.74 Å². The maximum absolute atomic E-state index is 5.35. The molecule has 1 aromatic rings. The van der Waals surface area contributed by atoms with E-state index in [1.54, 1.807) is 0 Å². The molecule has 0 aliphatic carbocycles. The summed E-state index contributed by atoms with van der Waals surface area (Å²) in [5.41, 5.74) is 2.69. The Hall–Kier alpha value is -0.860. The van der Waals surface area contributed by atoms with E-state index < -0.39 is 0 Å². The number of unbranched alkanes of at least 4 members (excludes halogenated alkanes) is 1. The molecule has 0 saturated carbocycles. The van der Waals surface area contributed by atoms with Crippen LogP contribution in [-0.2, 0) is 17.8 Å². The molecule has 5 nitrogen and oxygen atoms in total. The number of nitrogens with one attached hydrogen (secondary N) is 2. The molecular formula is C21H37IN4O. The molecule has 1 saturated heterocycles. The number of benzene rings is 1. The van der Waals surface area contributed by atoms with Crippen LogP contribution in [-0.4, -0.2) is 50.8 Å². The van der Waals surface area contributed by atoms with E-state index in [2.05, 4.69) is 44.8 Å². The van der Waals surface area contributed by atoms with Gasteiger partial charge in [0.2, 0.25) is 0 Å². The molecule has 0 amide bonds. The Bertz CT molecular complexity index is 515. The molecule has 0 spiro atoms. The van der Waals surface area contributed by atoms with Gasteiger partial charge < -0.3 is 15.4 Å². The number of piperidine rings is 1. The smallest absolute Gasteiger partial charge is 0.191 e. The van der Waals surface area contributed by atoms with E-state index in [0.717, 1.165) is 51.6 Å². The minimum Gasteiger partial charge on any atom is -0.382 e. The lowest BCUT2D eigenvalue weighted by Gasteiger charge is -2.26. The summed E-state index contributed by atoms with van der Waals surface area (Å²) >= 11 is 0. The Kier molecular flexibility index (Phi) is 13.5. The minimum atomic E-state index is 0. The van der Waals surface area contributed by atoms with Crippen molar-refractivity contribution in [1.29, 1.82) is 0 Å². The summed E-state index contributed by atoms with van der Waals surface area (Å²) in [5.74, 6) is 0.860. The molecule has 2 rings (SSSR count). The average molecular weight is 488 g/mol. The van der Waals surface area contributed by atoms with Crippen LogP contribution in [0.25, 0.3) is 0 Å². The fraction of sp³-hybridized carbons (Fsp3) is 0.667. The average Bonchev–Trinajstić information content (AvgIpc) is 2.69. The van der Waals surface area contributed by atoms with Crippen LogP contribution in [0.2, 0.25) is 0 Å². The van der Waals surface area contributed by atoms with E-state index in [1.165, 1.54) is 43.5 Å². The molecule has 6 heteroatoms. The van der Waals surface area contributed by atoms with Crippen molar-refractivity contribution in [3.8, 4) is 0 Å². The van der Waals surface area contributed by atoms with E-state index in [1.807, 2.05) is 14.0 Å². The van der Waals surface area contributed by atoms with Crippen LogP contribution < -0.4 is 10.6 Å². The summed E-state index contributed by atoms with van der Waals surface area (Å²) in [6.07, 6.45) is 6.25. The summed E-state index contributed by atoms with van der Waals surface area (Å²) in [5, 5.41) is 6.74. The molecule has 2 N–H and O–H groups in total. The maximum atomic E-state index is 5.35. The molecule has 0 bridgehead atoms. The number of nitrogens with zero attached hydrogens (tertiary/aromatic N) is 2. The molecule has 1 aromatic carbocycles. The predicted octanol–water partition coefficient (Wildman–Crippen LogP) is 3.77. The third kappa shape index (κ3) is 10.3. The third-order valence-electron chi connectivity index (χ3n) is 4.77. The van der Waals surface area contributed by atoms with E-state index >= 15 is 0 Å². The van der Waals surface area contributed by atoms with Crippen molar-refractivity contribution in [2.45, 2.75) is 52.1 Å². The summed E-state index contributed by atoms with van der Waals surface area (Å²) < 4.78 is 5.35. The molecule has 0 unspecified atom stereocenters. The predicted molar refractivity (Wildman–Crippen MR) is 125 cm³/mol. The van der Waals surface area contributed by atoms with Gasteiger partial charge in [0.15, 0.2) is 5.96 Å². The van der Waals surface area contributed by atoms with Gasteiger partial charge in [-0.2, -0.15) is 0 Å². The number of ether oxygens (including phenoxy) is 1. The molecule has 1 fully saturated rings. The number of hydrogen-bond donors (Lipinski definition) is 2. The Morgan fingerprint density at radius 2 is 1.74 bits per heavy atom. The Labute approximate surface area is 182 Å². The molecule has 154 valence electrons. The van der Waals surface area contributed by atoms with Gasteiger partial charge in [0, 0.05) is 39.9 Å². The minimum absolute atomic E-state index is 0. The molecule has 0 radical (unpaired) electrons. The highest BCUT2D eigenvalue weighted by Crippen LogP contribution is 2.13. The highest BCUT2D eigenvalue weighted by atomic mass is 127. The van der Waals surface area contributed by atoms with Crippen LogP contribution in [0.15, 0.2) is 29.3 Å². The largest absolute Gasteiger partial charge is 0.382 e. The second-order valence-electron chi connectivity index (χ2n) is 6.91. The maximum Gasteiger partial charge on any atom is 0.191 e. The standard InChI is InChI=1S/C21H36N4O.HI/c1-3-26-16-8-5-13-23-21(22-2)24-17-19-9-11-20(12-10-19)18-25-14-6-4-7-15-25;/h9-12H,3-8,13-18H2,1-2H3,(H2,22,23,24);1H. The Morgan fingerprint density at radius 3 is 2.41 bits per heavy atom. The summed E-state index contributed by atoms with van der Waals surface area (Å²) in [6.45, 7) is 8.96. The quantitative estimate of drug-likeness (QED) is 0.228. The molecular weight excluding hydrogens is 451 g/mol. The fourth-order valence-electron chi connectivity index (χ4n) is 3.22. The second-order valence-corrected chi connectivity index (χ2v) is 6.91. The first kappa shape index (κ1) is 24.2. The number of halogens is 1. The van der Waals surface area contributed by atoms with Crippen LogP contribution >= 0.6 is 24.0 Å². The number of guanidine groups is 1. The monoisotopic (exact) mass is 488 g/mol. The molecule has 0 aromatic heterocycles. The normalized spacial score (nSPS) is 15.3. The van der Waals surface area contributed by atoms with Crippen LogP contribution in [0, 0.1) is 0 Å². The second kappa shape index (κ2) is 15.1. The fourth-order valence-corrected chi connectivity index (χ4v) is 3.22. The van der Waals surface area contributed by atoms with Crippen molar-refractivity contribution in [3.05, 3.63) is 35.4 Å². The van der Waals surface area contributed by atoms with Gasteiger partial charge in [-0.3, -0.25) is 9.89 Å². The zero-order valence-corrected chi connectivity index (χ0v) is 19.3. The lowest BCUT2D eigenvalue weighted by molar-refractivity contribution is 0.143. The van der Waals surface area contributed by atoms with Crippen molar-refractivity contribution < 1.29 is 4.74 Å². The Morgan fingerprint density at radius 1 is 1.04 bits per heavy atom. The summed E-state index contributed by atoms with van der Waals surface area (Å²) in [6, 6.07) is 8.97. The van der Waals surface area contributed by atoms with Gasteiger partial charge in [0.05, 0.1) is 0 Å². The van der Waals surface area contributed by atoms with Crippen molar-refractivity contribution in [1.82, 2.24) is 15.5 Å². The number of aliphatic imine (C=N–C) groups is 1. The summed E-state index contributed by atoms with van der Waals surface area (Å²) in [7, 11) is 1.82. The van der Waals surface area contributed by atoms with E-state index in [0.29, 0.717) is 0 Å². The highest BCUT2D eigenvalue weighted by Gasteiger charge is 2.10. The van der Waals surface area contributed by atoms with Crippen LogP contribution in [0.3, 0.4) is 0 Å². The SMILES string of the molecule is CCOCCCCNC(=NC)NCc1ccc(CN2CCCCC2)cc1.I. The van der Waals surface area contributed by atoms with Gasteiger partial charge in [-0.15, -0.1) is 24.0 Å². The molecule has 1 heterocycles. The Balaban J connectivity index is 0.00000364. The summed E-state index contributed by atoms with van der Waals surface area (Å²) in [4.78, 5) is 6.85. The molecule has 1 aliphatic heterocycles. The van der Waals surface area contributed by atoms with Gasteiger partial charge in [0.1, 0.15) is 0 Å². The zero-order valence-electron chi connectivity index (χ0n) is 17.0. The zero-order chi connectivity index (χ0) is 18.5. The van der Waals surface area contributed by atoms with E-state index in [9.17, 15) is 0 Å². The van der Waals surface area contributed by atoms with Crippen molar-refractivity contribution >= 4 is 29.9 Å². The first-order valence-corrected chi connectivity index (χ1v) is 10.1. The lowest BCUT2D eigenvalue weighted by Crippen LogP contribution is -2.37. The van der Waals surface area contributed by atoms with Crippen molar-refractivity contribution in [2.24, 2.45) is 4.99 Å². The van der Waals surface area contributed by atoms with Gasteiger partial charge in [-0.1, -0.05) is 30.7 Å². The van der Waals surface area contributed by atoms with Gasteiger partial charge >= 0.3 is 0 Å². The van der Waals surface area contributed by atoms with Crippen molar-refractivity contribution in [2.75, 3.05) is 39.9 Å². The molecule has 0 atom stereocenters. The van der Waals surface area contributed by atoms with Crippen LogP contribution in [0.4, 0.5) is 0 Å². The molecule has 1 aliphatic rings. The lowest BCUT2D eigenvalue weighted by atomic mass is 10.1. The van der Waals surface area contributed by atoms with Crippen LogP contribution in [0.5, 0.6) is 0 Å². The highest BCUT2D eigenvalue weighted by molar-refractivity contribution is 14.0. The first-order chi connectivity index (χ1) is 12.8. The topological polar surface area (TPSA) is 48.9 Å². The van der Waals surface area contributed by atoms with Crippen LogP contribution in [0.1, 0.15) is 50.2 Å². The molecule has 27 heavy (non-hydrogen) atoms. The van der Waals surface area contributed by atoms with Gasteiger partial charge in [0.25, 0.3) is 0 Å².